The van der Waals surface area contributed by atoms with E-state index in [9.17, 15) is 4.79 Å². The number of H-pyrrole nitrogens is 1. The Morgan fingerprint density at radius 3 is 2.87 bits per heavy atom. The van der Waals surface area contributed by atoms with E-state index in [0.29, 0.717) is 23.0 Å². The molecule has 4 aromatic rings. The van der Waals surface area contributed by atoms with Crippen molar-refractivity contribution in [2.45, 2.75) is 55.2 Å². The second-order valence-corrected chi connectivity index (χ2v) is 11.7. The molecule has 0 atom stereocenters. The van der Waals surface area contributed by atoms with Crippen LogP contribution >= 0.6 is 45.8 Å². The van der Waals surface area contributed by atoms with Gasteiger partial charge in [0.05, 0.1) is 11.1 Å². The van der Waals surface area contributed by atoms with Crippen LogP contribution in [0.25, 0.3) is 20.7 Å². The van der Waals surface area contributed by atoms with Crippen molar-refractivity contribution in [3.05, 3.63) is 38.6 Å². The fraction of sp³-hybridized carbons (Fsp3) is 0.400. The fourth-order valence-corrected chi connectivity index (χ4v) is 7.32. The lowest BCUT2D eigenvalue weighted by Crippen LogP contribution is -2.21. The Morgan fingerprint density at radius 1 is 1.20 bits per heavy atom. The highest BCUT2D eigenvalue weighted by Crippen LogP contribution is 2.35. The molecule has 10 heteroatoms. The van der Waals surface area contributed by atoms with Crippen molar-refractivity contribution in [3.63, 3.8) is 0 Å². The third-order valence-electron chi connectivity index (χ3n) is 5.17. The zero-order valence-electron chi connectivity index (χ0n) is 16.4. The number of aromatic amines is 1. The molecule has 6 nitrogen and oxygen atoms in total. The van der Waals surface area contributed by atoms with E-state index in [1.54, 1.807) is 34.4 Å². The van der Waals surface area contributed by atoms with Crippen LogP contribution in [0.4, 0.5) is 5.13 Å². The Labute approximate surface area is 190 Å². The van der Waals surface area contributed by atoms with Crippen LogP contribution in [0.3, 0.4) is 0 Å². The largest absolute Gasteiger partial charge is 0.357 e. The molecular weight excluding hydrogens is 455 g/mol. The van der Waals surface area contributed by atoms with Gasteiger partial charge in [0.1, 0.15) is 10.7 Å². The van der Waals surface area contributed by atoms with Gasteiger partial charge < -0.3 is 10.3 Å². The van der Waals surface area contributed by atoms with Crippen LogP contribution in [0, 0.1) is 6.92 Å². The van der Waals surface area contributed by atoms with E-state index in [0.717, 1.165) is 24.7 Å². The smallest absolute Gasteiger partial charge is 0.260 e. The van der Waals surface area contributed by atoms with Gasteiger partial charge in [-0.15, -0.1) is 32.9 Å². The van der Waals surface area contributed by atoms with Gasteiger partial charge in [-0.3, -0.25) is 4.79 Å². The average Bonchev–Trinajstić information content (AvgIpc) is 3.47. The summed E-state index contributed by atoms with van der Waals surface area (Å²) in [6, 6.07) is 4.67. The third-order valence-corrected chi connectivity index (χ3v) is 9.08. The molecule has 0 aromatic carbocycles. The van der Waals surface area contributed by atoms with Gasteiger partial charge in [-0.1, -0.05) is 42.4 Å². The van der Waals surface area contributed by atoms with E-state index < -0.39 is 0 Å². The van der Waals surface area contributed by atoms with Gasteiger partial charge >= 0.3 is 0 Å². The van der Waals surface area contributed by atoms with Crippen molar-refractivity contribution in [1.82, 2.24) is 20.2 Å². The number of aromatic nitrogens is 4. The van der Waals surface area contributed by atoms with Gasteiger partial charge in [0.25, 0.3) is 5.56 Å². The molecule has 0 bridgehead atoms. The van der Waals surface area contributed by atoms with Crippen LogP contribution in [0.2, 0.25) is 0 Å². The minimum absolute atomic E-state index is 0.0742. The summed E-state index contributed by atoms with van der Waals surface area (Å²) in [5.74, 6) is 1.24. The number of thioether (sulfide) groups is 1. The number of nitrogens with one attached hydrogen (secondary N) is 2. The van der Waals surface area contributed by atoms with Crippen LogP contribution in [0.15, 0.2) is 26.6 Å². The average molecular weight is 476 g/mol. The van der Waals surface area contributed by atoms with E-state index in [2.05, 4.69) is 39.6 Å². The fourth-order valence-electron chi connectivity index (χ4n) is 3.70. The van der Waals surface area contributed by atoms with Gasteiger partial charge in [-0.25, -0.2) is 4.98 Å². The summed E-state index contributed by atoms with van der Waals surface area (Å²) in [7, 11) is 0. The maximum atomic E-state index is 12.8. The molecule has 0 saturated heterocycles. The second-order valence-electron chi connectivity index (χ2n) is 7.39. The molecule has 0 amide bonds. The highest BCUT2D eigenvalue weighted by molar-refractivity contribution is 8.00. The normalized spacial score (nSPS) is 15.1. The molecule has 0 spiro atoms. The molecule has 0 radical (unpaired) electrons. The summed E-state index contributed by atoms with van der Waals surface area (Å²) in [6.45, 7) is 2.07. The van der Waals surface area contributed by atoms with Crippen molar-refractivity contribution in [3.8, 4) is 10.4 Å². The van der Waals surface area contributed by atoms with Crippen LogP contribution in [-0.4, -0.2) is 26.2 Å². The van der Waals surface area contributed by atoms with Gasteiger partial charge in [-0.2, -0.15) is 0 Å². The molecule has 1 aliphatic carbocycles. The molecule has 2 N–H and O–H groups in total. The maximum absolute atomic E-state index is 12.8. The molecular formula is C20H21N5OS4. The van der Waals surface area contributed by atoms with Crippen molar-refractivity contribution in [2.75, 3.05) is 5.32 Å². The second kappa shape index (κ2) is 8.78. The number of hydrogen-bond acceptors (Lipinski definition) is 9. The molecule has 1 saturated carbocycles. The number of fused-ring (bicyclic) bond motifs is 1. The first-order valence-electron chi connectivity index (χ1n) is 9.96. The predicted molar refractivity (Wildman–Crippen MR) is 128 cm³/mol. The molecule has 1 aliphatic rings. The summed E-state index contributed by atoms with van der Waals surface area (Å²) in [4.78, 5) is 23.6. The Balaban J connectivity index is 1.29. The summed E-state index contributed by atoms with van der Waals surface area (Å²) >= 11 is 6.35. The molecule has 156 valence electrons. The van der Waals surface area contributed by atoms with E-state index in [-0.39, 0.29) is 5.56 Å². The van der Waals surface area contributed by atoms with Crippen molar-refractivity contribution in [2.24, 2.45) is 0 Å². The van der Waals surface area contributed by atoms with Crippen molar-refractivity contribution < 1.29 is 0 Å². The number of rotatable bonds is 6. The third kappa shape index (κ3) is 4.32. The Hall–Kier alpha value is -1.75. The van der Waals surface area contributed by atoms with Crippen LogP contribution in [0.5, 0.6) is 0 Å². The molecule has 4 aromatic heterocycles. The molecule has 5 rings (SSSR count). The predicted octanol–water partition coefficient (Wildman–Crippen LogP) is 5.91. The highest BCUT2D eigenvalue weighted by atomic mass is 32.2. The lowest BCUT2D eigenvalue weighted by molar-refractivity contribution is 0.462. The lowest BCUT2D eigenvalue weighted by atomic mass is 9.96. The first-order valence-corrected chi connectivity index (χ1v) is 13.5. The summed E-state index contributed by atoms with van der Waals surface area (Å²) in [5.41, 5.74) is 0.901. The molecule has 1 fully saturated rings. The minimum atomic E-state index is -0.0742. The SMILES string of the molecule is Cc1ccc(-c2csc3nc(CSc4nnc(NC5CCCCC5)s4)[nH]c(=O)c23)s1. The number of nitrogens with zero attached hydrogens (tertiary/aromatic N) is 3. The summed E-state index contributed by atoms with van der Waals surface area (Å²) in [6.07, 6.45) is 6.33. The summed E-state index contributed by atoms with van der Waals surface area (Å²) in [5, 5.41) is 15.7. The van der Waals surface area contributed by atoms with Gasteiger partial charge in [-0.05, 0) is 31.9 Å². The Morgan fingerprint density at radius 2 is 2.07 bits per heavy atom. The zero-order chi connectivity index (χ0) is 20.5. The first kappa shape index (κ1) is 20.2. The van der Waals surface area contributed by atoms with Crippen molar-refractivity contribution >= 4 is 61.1 Å². The number of thiophene rings is 2. The van der Waals surface area contributed by atoms with Crippen LogP contribution in [-0.2, 0) is 5.75 Å². The van der Waals surface area contributed by atoms with E-state index >= 15 is 0 Å². The Bertz CT molecular complexity index is 1220. The van der Waals surface area contributed by atoms with E-state index in [1.165, 1.54) is 48.3 Å². The molecule has 4 heterocycles. The summed E-state index contributed by atoms with van der Waals surface area (Å²) < 4.78 is 0.886. The highest BCUT2D eigenvalue weighted by Gasteiger charge is 2.17. The monoisotopic (exact) mass is 475 g/mol. The quantitative estimate of drug-likeness (QED) is 0.337. The topological polar surface area (TPSA) is 83.6 Å². The molecule has 0 unspecified atom stereocenters. The van der Waals surface area contributed by atoms with Gasteiger partial charge in [0.15, 0.2) is 4.34 Å². The lowest BCUT2D eigenvalue weighted by Gasteiger charge is -2.21. The Kier molecular flexibility index (Phi) is 5.90. The molecule has 0 aliphatic heterocycles. The number of aryl methyl sites for hydroxylation is 1. The first-order chi connectivity index (χ1) is 14.7. The minimum Gasteiger partial charge on any atom is -0.357 e. The van der Waals surface area contributed by atoms with Gasteiger partial charge in [0, 0.05) is 26.7 Å². The van der Waals surface area contributed by atoms with E-state index in [1.807, 2.05) is 5.38 Å². The van der Waals surface area contributed by atoms with Crippen LogP contribution < -0.4 is 10.9 Å². The standard InChI is InChI=1S/C20H21N5OS4/c1-11-7-8-14(29-11)13-9-27-18-16(13)17(26)22-15(23-18)10-28-20-25-24-19(30-20)21-12-5-3-2-4-6-12/h7-9,12H,2-6,10H2,1H3,(H,21,24)(H,22,23,26). The maximum Gasteiger partial charge on any atom is 0.260 e. The van der Waals surface area contributed by atoms with Crippen LogP contribution in [0.1, 0.15) is 42.8 Å². The van der Waals surface area contributed by atoms with Crippen molar-refractivity contribution in [1.29, 1.82) is 0 Å². The number of hydrogen-bond donors (Lipinski definition) is 2. The van der Waals surface area contributed by atoms with Gasteiger partial charge in [0.2, 0.25) is 5.13 Å². The molecule has 30 heavy (non-hydrogen) atoms. The van der Waals surface area contributed by atoms with E-state index in [4.69, 9.17) is 4.98 Å². The number of anilines is 1. The zero-order valence-corrected chi connectivity index (χ0v) is 19.7.